The topological polar surface area (TPSA) is 21.3 Å². The third-order valence-corrected chi connectivity index (χ3v) is 2.50. The van der Waals surface area contributed by atoms with Crippen LogP contribution in [0.1, 0.15) is 24.8 Å². The molecule has 0 aromatic heterocycles. The van der Waals surface area contributed by atoms with Crippen LogP contribution in [-0.4, -0.2) is 13.7 Å². The second-order valence-electron chi connectivity index (χ2n) is 3.80. The van der Waals surface area contributed by atoms with Gasteiger partial charge in [-0.3, -0.25) is 0 Å². The number of nitrogens with one attached hydrogen (secondary N) is 1. The van der Waals surface area contributed by atoms with Crippen molar-refractivity contribution >= 4 is 0 Å². The molecule has 0 saturated heterocycles. The van der Waals surface area contributed by atoms with Gasteiger partial charge in [-0.25, -0.2) is 4.39 Å². The summed E-state index contributed by atoms with van der Waals surface area (Å²) in [4.78, 5) is 0. The van der Waals surface area contributed by atoms with Crippen molar-refractivity contribution in [2.45, 2.75) is 25.8 Å². The quantitative estimate of drug-likeness (QED) is 0.579. The maximum Gasteiger partial charge on any atom is 0.131 e. The zero-order valence-corrected chi connectivity index (χ0v) is 10.1. The van der Waals surface area contributed by atoms with Gasteiger partial charge in [0.2, 0.25) is 0 Å². The van der Waals surface area contributed by atoms with E-state index in [1.54, 1.807) is 12.1 Å². The maximum atomic E-state index is 13.5. The van der Waals surface area contributed by atoms with Crippen molar-refractivity contribution in [3.63, 3.8) is 0 Å². The summed E-state index contributed by atoms with van der Waals surface area (Å²) in [5.41, 5.74) is 0.655. The molecule has 3 heteroatoms. The van der Waals surface area contributed by atoms with E-state index in [1.165, 1.54) is 13.2 Å². The summed E-state index contributed by atoms with van der Waals surface area (Å²) < 4.78 is 18.5. The zero-order valence-electron chi connectivity index (χ0n) is 10.1. The van der Waals surface area contributed by atoms with Gasteiger partial charge in [0.1, 0.15) is 11.6 Å². The highest BCUT2D eigenvalue weighted by Crippen LogP contribution is 2.15. The average Bonchev–Trinajstić information content (AvgIpc) is 2.35. The molecule has 0 fully saturated rings. The van der Waals surface area contributed by atoms with E-state index in [-0.39, 0.29) is 5.82 Å². The molecule has 2 nitrogen and oxygen atoms in total. The minimum Gasteiger partial charge on any atom is -0.497 e. The normalized spacial score (nSPS) is 9.94. The van der Waals surface area contributed by atoms with Crippen LogP contribution >= 0.6 is 0 Å². The third-order valence-electron chi connectivity index (χ3n) is 2.50. The lowest BCUT2D eigenvalue weighted by atomic mass is 10.2. The molecule has 1 rings (SSSR count). The molecule has 0 saturated carbocycles. The molecule has 0 bridgehead atoms. The van der Waals surface area contributed by atoms with E-state index >= 15 is 0 Å². The molecule has 0 unspecified atom stereocenters. The van der Waals surface area contributed by atoms with Crippen molar-refractivity contribution < 1.29 is 9.13 Å². The van der Waals surface area contributed by atoms with E-state index in [0.717, 1.165) is 25.8 Å². The van der Waals surface area contributed by atoms with Gasteiger partial charge in [-0.15, -0.1) is 12.3 Å². The largest absolute Gasteiger partial charge is 0.497 e. The number of unbranched alkanes of at least 4 members (excludes halogenated alkanes) is 2. The molecular formula is C14H18FNO. The minimum absolute atomic E-state index is 0.236. The Morgan fingerprint density at radius 3 is 2.88 bits per heavy atom. The number of rotatable bonds is 7. The first-order valence-electron chi connectivity index (χ1n) is 5.74. The zero-order chi connectivity index (χ0) is 12.5. The molecule has 1 aromatic rings. The molecular weight excluding hydrogens is 217 g/mol. The number of ether oxygens (including phenoxy) is 1. The van der Waals surface area contributed by atoms with Crippen LogP contribution in [0.4, 0.5) is 4.39 Å². The number of hydrogen-bond donors (Lipinski definition) is 1. The minimum atomic E-state index is -0.236. The fraction of sp³-hybridized carbons (Fsp3) is 0.429. The molecule has 0 spiro atoms. The van der Waals surface area contributed by atoms with Gasteiger partial charge in [-0.2, -0.15) is 0 Å². The molecule has 92 valence electrons. The standard InChI is InChI=1S/C14H18FNO/c1-3-4-5-6-9-16-11-12-7-8-13(17-2)10-14(12)15/h1,7-8,10,16H,4-6,9,11H2,2H3. The Balaban J connectivity index is 2.30. The second kappa shape index (κ2) is 7.70. The summed E-state index contributed by atoms with van der Waals surface area (Å²) in [6.07, 6.45) is 7.98. The lowest BCUT2D eigenvalue weighted by molar-refractivity contribution is 0.410. The van der Waals surface area contributed by atoms with Gasteiger partial charge in [0.05, 0.1) is 7.11 Å². The molecule has 0 amide bonds. The number of benzene rings is 1. The van der Waals surface area contributed by atoms with Gasteiger partial charge in [0.25, 0.3) is 0 Å². The smallest absolute Gasteiger partial charge is 0.131 e. The first-order valence-corrected chi connectivity index (χ1v) is 5.74. The Bertz CT molecular complexity index is 384. The Labute approximate surface area is 102 Å². The molecule has 1 N–H and O–H groups in total. The number of hydrogen-bond acceptors (Lipinski definition) is 2. The summed E-state index contributed by atoms with van der Waals surface area (Å²) in [5, 5.41) is 3.19. The van der Waals surface area contributed by atoms with Gasteiger partial charge in [-0.1, -0.05) is 6.07 Å². The van der Waals surface area contributed by atoms with Crippen molar-refractivity contribution in [3.05, 3.63) is 29.6 Å². The summed E-state index contributed by atoms with van der Waals surface area (Å²) in [5.74, 6) is 2.90. The van der Waals surface area contributed by atoms with Crippen molar-refractivity contribution in [1.82, 2.24) is 5.32 Å². The van der Waals surface area contributed by atoms with Crippen LogP contribution in [-0.2, 0) is 6.54 Å². The summed E-state index contributed by atoms with van der Waals surface area (Å²) in [7, 11) is 1.53. The highest BCUT2D eigenvalue weighted by Gasteiger charge is 2.02. The molecule has 0 aliphatic rings. The van der Waals surface area contributed by atoms with Crippen LogP contribution in [0.2, 0.25) is 0 Å². The van der Waals surface area contributed by atoms with Crippen LogP contribution in [0.15, 0.2) is 18.2 Å². The van der Waals surface area contributed by atoms with Crippen LogP contribution < -0.4 is 10.1 Å². The summed E-state index contributed by atoms with van der Waals surface area (Å²) in [6, 6.07) is 4.90. The lowest BCUT2D eigenvalue weighted by Gasteiger charge is -2.07. The van der Waals surface area contributed by atoms with Gasteiger partial charge in [-0.05, 0) is 25.5 Å². The summed E-state index contributed by atoms with van der Waals surface area (Å²) >= 11 is 0. The fourth-order valence-electron chi connectivity index (χ4n) is 1.50. The molecule has 17 heavy (non-hydrogen) atoms. The maximum absolute atomic E-state index is 13.5. The first-order chi connectivity index (χ1) is 8.27. The SMILES string of the molecule is C#CCCCCNCc1ccc(OC)cc1F. The Kier molecular flexibility index (Phi) is 6.13. The van der Waals surface area contributed by atoms with E-state index in [4.69, 9.17) is 11.2 Å². The molecule has 0 aliphatic heterocycles. The van der Waals surface area contributed by atoms with Gasteiger partial charge in [0, 0.05) is 24.6 Å². The highest BCUT2D eigenvalue weighted by atomic mass is 19.1. The van der Waals surface area contributed by atoms with Gasteiger partial charge >= 0.3 is 0 Å². The first kappa shape index (κ1) is 13.5. The monoisotopic (exact) mass is 235 g/mol. The van der Waals surface area contributed by atoms with Crippen LogP contribution in [0.5, 0.6) is 5.75 Å². The van der Waals surface area contributed by atoms with Crippen molar-refractivity contribution in [2.24, 2.45) is 0 Å². The Morgan fingerprint density at radius 2 is 2.24 bits per heavy atom. The van der Waals surface area contributed by atoms with E-state index in [1.807, 2.05) is 0 Å². The van der Waals surface area contributed by atoms with E-state index in [9.17, 15) is 4.39 Å². The van der Waals surface area contributed by atoms with Crippen LogP contribution in [0.25, 0.3) is 0 Å². The van der Waals surface area contributed by atoms with E-state index in [0.29, 0.717) is 17.9 Å². The van der Waals surface area contributed by atoms with Crippen molar-refractivity contribution in [1.29, 1.82) is 0 Å². The summed E-state index contributed by atoms with van der Waals surface area (Å²) in [6.45, 7) is 1.39. The average molecular weight is 235 g/mol. The number of methoxy groups -OCH3 is 1. The highest BCUT2D eigenvalue weighted by molar-refractivity contribution is 5.28. The lowest BCUT2D eigenvalue weighted by Crippen LogP contribution is -2.15. The van der Waals surface area contributed by atoms with Gasteiger partial charge in [0.15, 0.2) is 0 Å². The molecule has 0 atom stereocenters. The van der Waals surface area contributed by atoms with Gasteiger partial charge < -0.3 is 10.1 Å². The van der Waals surface area contributed by atoms with Crippen LogP contribution in [0, 0.1) is 18.2 Å². The molecule has 0 radical (unpaired) electrons. The van der Waals surface area contributed by atoms with Crippen molar-refractivity contribution in [3.8, 4) is 18.1 Å². The predicted molar refractivity (Wildman–Crippen MR) is 67.3 cm³/mol. The number of halogens is 1. The predicted octanol–water partition coefficient (Wildman–Crippen LogP) is 2.73. The third kappa shape index (κ3) is 4.88. The van der Waals surface area contributed by atoms with Crippen LogP contribution in [0.3, 0.4) is 0 Å². The Hall–Kier alpha value is -1.53. The van der Waals surface area contributed by atoms with Crippen molar-refractivity contribution in [2.75, 3.05) is 13.7 Å². The van der Waals surface area contributed by atoms with E-state index < -0.39 is 0 Å². The second-order valence-corrected chi connectivity index (χ2v) is 3.80. The molecule has 0 aliphatic carbocycles. The number of terminal acetylenes is 1. The molecule has 1 aromatic carbocycles. The Morgan fingerprint density at radius 1 is 1.41 bits per heavy atom. The fourth-order valence-corrected chi connectivity index (χ4v) is 1.50. The van der Waals surface area contributed by atoms with E-state index in [2.05, 4.69) is 11.2 Å². The molecule has 0 heterocycles.